The van der Waals surface area contributed by atoms with Gasteiger partial charge in [-0.3, -0.25) is 9.59 Å². The molecule has 1 atom stereocenters. The van der Waals surface area contributed by atoms with E-state index in [1.54, 1.807) is 14.2 Å². The number of esters is 2. The highest BCUT2D eigenvalue weighted by molar-refractivity contribution is 6.65. The fraction of sp³-hybridized carbons (Fsp3) is 0.692. The van der Waals surface area contributed by atoms with Gasteiger partial charge in [0.2, 0.25) is 0 Å². The zero-order valence-corrected chi connectivity index (χ0v) is 12.8. The monoisotopic (exact) mass is 286 g/mol. The van der Waals surface area contributed by atoms with Crippen LogP contribution in [0.3, 0.4) is 0 Å². The van der Waals surface area contributed by atoms with Crippen LogP contribution < -0.4 is 0 Å². The Morgan fingerprint density at radius 2 is 2.00 bits per heavy atom. The number of hydrogen-bond acceptors (Lipinski definition) is 5. The quantitative estimate of drug-likeness (QED) is 0.225. The molecule has 1 aliphatic rings. The van der Waals surface area contributed by atoms with Crippen LogP contribution in [-0.2, 0) is 23.2 Å². The molecule has 0 N–H and O–H groups in total. The molecule has 0 radical (unpaired) electrons. The van der Waals surface area contributed by atoms with E-state index in [-0.39, 0.29) is 12.3 Å². The maximum atomic E-state index is 11.2. The van der Waals surface area contributed by atoms with E-state index in [4.69, 9.17) is 8.85 Å². The van der Waals surface area contributed by atoms with Gasteiger partial charge in [0.25, 0.3) is 0 Å². The van der Waals surface area contributed by atoms with Gasteiger partial charge in [-0.2, -0.15) is 0 Å². The standard InChI is InChI=1S/C13H22O5Si/c1-16-19(3,17-2)9-7-5-4-6-8-11-10-12(14)18-13(11)15/h4,6,11H,5,7-10H2,1-3H3/b6-4+. The molecule has 0 aliphatic carbocycles. The first-order valence-corrected chi connectivity index (χ1v) is 9.03. The second-order valence-electron chi connectivity index (χ2n) is 4.84. The van der Waals surface area contributed by atoms with Crippen molar-refractivity contribution < 1.29 is 23.2 Å². The Morgan fingerprint density at radius 3 is 2.53 bits per heavy atom. The molecule has 1 fully saturated rings. The Hall–Kier alpha value is -0.983. The average Bonchev–Trinajstić information content (AvgIpc) is 2.71. The van der Waals surface area contributed by atoms with Crippen molar-refractivity contribution in [3.63, 3.8) is 0 Å². The van der Waals surface area contributed by atoms with Crippen molar-refractivity contribution in [3.05, 3.63) is 12.2 Å². The van der Waals surface area contributed by atoms with Crippen LogP contribution >= 0.6 is 0 Å². The van der Waals surface area contributed by atoms with Crippen LogP contribution in [0, 0.1) is 5.92 Å². The molecule has 0 aromatic carbocycles. The van der Waals surface area contributed by atoms with Gasteiger partial charge in [0, 0.05) is 14.2 Å². The number of hydrogen-bond donors (Lipinski definition) is 0. The predicted octanol–water partition coefficient (Wildman–Crippen LogP) is 2.17. The number of rotatable bonds is 8. The van der Waals surface area contributed by atoms with Crippen LogP contribution in [0.1, 0.15) is 25.7 Å². The summed E-state index contributed by atoms with van der Waals surface area (Å²) in [5.41, 5.74) is 0. The second-order valence-corrected chi connectivity index (χ2v) is 8.42. The molecule has 1 heterocycles. The van der Waals surface area contributed by atoms with E-state index in [1.165, 1.54) is 0 Å². The summed E-state index contributed by atoms with van der Waals surface area (Å²) < 4.78 is 15.3. The van der Waals surface area contributed by atoms with Crippen molar-refractivity contribution >= 4 is 20.5 Å². The summed E-state index contributed by atoms with van der Waals surface area (Å²) in [4.78, 5) is 22.1. The van der Waals surface area contributed by atoms with Crippen molar-refractivity contribution in [2.45, 2.75) is 38.3 Å². The van der Waals surface area contributed by atoms with Gasteiger partial charge < -0.3 is 13.6 Å². The summed E-state index contributed by atoms with van der Waals surface area (Å²) in [6, 6.07) is 0.939. The predicted molar refractivity (Wildman–Crippen MR) is 72.6 cm³/mol. The van der Waals surface area contributed by atoms with Crippen LogP contribution in [0.15, 0.2) is 12.2 Å². The number of unbranched alkanes of at least 4 members (excludes halogenated alkanes) is 1. The SMILES string of the molecule is CO[Si](C)(CCC/C=C/CC1CC(=O)OC1=O)OC. The molecule has 108 valence electrons. The minimum absolute atomic E-state index is 0.210. The van der Waals surface area contributed by atoms with Crippen LogP contribution in [0.4, 0.5) is 0 Å². The highest BCUT2D eigenvalue weighted by Gasteiger charge is 2.32. The van der Waals surface area contributed by atoms with Gasteiger partial charge in [0.05, 0.1) is 12.3 Å². The Balaban J connectivity index is 2.18. The van der Waals surface area contributed by atoms with Gasteiger partial charge in [-0.25, -0.2) is 0 Å². The van der Waals surface area contributed by atoms with Gasteiger partial charge in [-0.15, -0.1) is 0 Å². The smallest absolute Gasteiger partial charge is 0.334 e. The minimum atomic E-state index is -1.96. The summed E-state index contributed by atoms with van der Waals surface area (Å²) in [5.74, 6) is -1.10. The van der Waals surface area contributed by atoms with E-state index in [0.717, 1.165) is 18.9 Å². The number of cyclic esters (lactones) is 2. The second kappa shape index (κ2) is 7.57. The molecule has 6 heteroatoms. The lowest BCUT2D eigenvalue weighted by Gasteiger charge is -2.22. The van der Waals surface area contributed by atoms with Crippen LogP contribution in [0.2, 0.25) is 12.6 Å². The fourth-order valence-corrected chi connectivity index (χ4v) is 3.33. The maximum Gasteiger partial charge on any atom is 0.334 e. The Labute approximate surface area is 115 Å². The zero-order chi connectivity index (χ0) is 14.3. The van der Waals surface area contributed by atoms with Crippen LogP contribution in [0.5, 0.6) is 0 Å². The molecule has 0 saturated carbocycles. The fourth-order valence-electron chi connectivity index (χ4n) is 1.91. The van der Waals surface area contributed by atoms with E-state index in [2.05, 4.69) is 4.74 Å². The lowest BCUT2D eigenvalue weighted by Crippen LogP contribution is -2.35. The Bertz CT molecular complexity index is 349. The normalized spacial score (nSPS) is 20.3. The molecule has 0 aromatic heterocycles. The van der Waals surface area contributed by atoms with Gasteiger partial charge >= 0.3 is 20.5 Å². The zero-order valence-electron chi connectivity index (χ0n) is 11.8. The van der Waals surface area contributed by atoms with E-state index in [0.29, 0.717) is 6.42 Å². The molecule has 1 aliphatic heterocycles. The molecule has 0 spiro atoms. The first kappa shape index (κ1) is 16.1. The Morgan fingerprint density at radius 1 is 1.32 bits per heavy atom. The van der Waals surface area contributed by atoms with Gasteiger partial charge in [0.1, 0.15) is 0 Å². The number of carbonyl (C=O) groups excluding carboxylic acids is 2. The van der Waals surface area contributed by atoms with E-state index in [9.17, 15) is 9.59 Å². The third kappa shape index (κ3) is 5.26. The lowest BCUT2D eigenvalue weighted by atomic mass is 10.0. The van der Waals surface area contributed by atoms with E-state index in [1.807, 2.05) is 18.7 Å². The third-order valence-electron chi connectivity index (χ3n) is 3.41. The average molecular weight is 286 g/mol. The summed E-state index contributed by atoms with van der Waals surface area (Å²) >= 11 is 0. The van der Waals surface area contributed by atoms with Crippen LogP contribution in [0.25, 0.3) is 0 Å². The topological polar surface area (TPSA) is 61.8 Å². The molecule has 0 aromatic rings. The largest absolute Gasteiger partial charge is 0.398 e. The molecular weight excluding hydrogens is 264 g/mol. The van der Waals surface area contributed by atoms with Crippen molar-refractivity contribution in [1.29, 1.82) is 0 Å². The van der Waals surface area contributed by atoms with Crippen molar-refractivity contribution in [1.82, 2.24) is 0 Å². The first-order valence-electron chi connectivity index (χ1n) is 6.50. The van der Waals surface area contributed by atoms with Crippen LogP contribution in [-0.4, -0.2) is 34.7 Å². The molecule has 5 nitrogen and oxygen atoms in total. The number of carbonyl (C=O) groups is 2. The van der Waals surface area contributed by atoms with Crippen molar-refractivity contribution in [2.75, 3.05) is 14.2 Å². The van der Waals surface area contributed by atoms with Gasteiger partial charge in [-0.1, -0.05) is 12.2 Å². The molecular formula is C13H22O5Si. The molecule has 19 heavy (non-hydrogen) atoms. The minimum Gasteiger partial charge on any atom is -0.398 e. The van der Waals surface area contributed by atoms with Crippen molar-refractivity contribution in [2.24, 2.45) is 5.92 Å². The lowest BCUT2D eigenvalue weighted by molar-refractivity contribution is -0.153. The number of allylic oxidation sites excluding steroid dienone is 2. The maximum absolute atomic E-state index is 11.2. The van der Waals surface area contributed by atoms with E-state index >= 15 is 0 Å². The first-order chi connectivity index (χ1) is 9.00. The highest BCUT2D eigenvalue weighted by Crippen LogP contribution is 2.20. The molecule has 1 rings (SSSR count). The molecule has 0 amide bonds. The van der Waals surface area contributed by atoms with E-state index < -0.39 is 20.5 Å². The summed E-state index contributed by atoms with van der Waals surface area (Å²) in [7, 11) is 1.42. The Kier molecular flexibility index (Phi) is 6.40. The molecule has 0 bridgehead atoms. The summed E-state index contributed by atoms with van der Waals surface area (Å²) in [5, 5.41) is 0. The van der Waals surface area contributed by atoms with Gasteiger partial charge in [0.15, 0.2) is 0 Å². The third-order valence-corrected chi connectivity index (χ3v) is 6.40. The highest BCUT2D eigenvalue weighted by atomic mass is 28.4. The van der Waals surface area contributed by atoms with Gasteiger partial charge in [-0.05, 0) is 31.9 Å². The summed E-state index contributed by atoms with van der Waals surface area (Å²) in [6.07, 6.45) is 6.69. The number of ether oxygens (including phenoxy) is 1. The molecule has 1 unspecified atom stereocenters. The summed E-state index contributed by atoms with van der Waals surface area (Å²) in [6.45, 7) is 2.04. The molecule has 1 saturated heterocycles. The van der Waals surface area contributed by atoms with Crippen molar-refractivity contribution in [3.8, 4) is 0 Å².